The minimum Gasteiger partial charge on any atom is -0.489 e. The molecule has 0 fully saturated rings. The molecule has 0 bridgehead atoms. The van der Waals surface area contributed by atoms with Crippen molar-refractivity contribution < 1.29 is 14.5 Å². The van der Waals surface area contributed by atoms with Crippen molar-refractivity contribution in [1.29, 1.82) is 0 Å². The van der Waals surface area contributed by atoms with Crippen molar-refractivity contribution in [2.24, 2.45) is 5.10 Å². The molecule has 0 unspecified atom stereocenters. The molecule has 0 aliphatic rings. The van der Waals surface area contributed by atoms with Crippen LogP contribution in [0.3, 0.4) is 0 Å². The fourth-order valence-corrected chi connectivity index (χ4v) is 3.25. The van der Waals surface area contributed by atoms with Gasteiger partial charge in [0.25, 0.3) is 11.6 Å². The number of hydrogen-bond donors (Lipinski definition) is 1. The molecule has 0 heterocycles. The second-order valence-electron chi connectivity index (χ2n) is 8.12. The zero-order valence-electron chi connectivity index (χ0n) is 19.2. The van der Waals surface area contributed by atoms with Gasteiger partial charge in [0.1, 0.15) is 12.4 Å². The summed E-state index contributed by atoms with van der Waals surface area (Å²) < 4.78 is 6.05. The van der Waals surface area contributed by atoms with Crippen LogP contribution in [0.5, 0.6) is 5.75 Å². The van der Waals surface area contributed by atoms with Crippen molar-refractivity contribution in [2.45, 2.75) is 40.2 Å². The van der Waals surface area contributed by atoms with Gasteiger partial charge in [-0.15, -0.1) is 0 Å². The van der Waals surface area contributed by atoms with E-state index < -0.39 is 4.92 Å². The maximum Gasteiger partial charge on any atom is 0.271 e. The highest BCUT2D eigenvalue weighted by atomic mass is 16.6. The van der Waals surface area contributed by atoms with Gasteiger partial charge in [0.15, 0.2) is 0 Å². The predicted octanol–water partition coefficient (Wildman–Crippen LogP) is 5.76. The van der Waals surface area contributed by atoms with Gasteiger partial charge in [-0.3, -0.25) is 14.9 Å². The van der Waals surface area contributed by atoms with E-state index in [1.165, 1.54) is 12.1 Å². The lowest BCUT2D eigenvalue weighted by Crippen LogP contribution is -2.19. The van der Waals surface area contributed by atoms with Crippen LogP contribution in [0, 0.1) is 17.0 Å². The Kier molecular flexibility index (Phi) is 7.56. The van der Waals surface area contributed by atoms with E-state index >= 15 is 0 Å². The number of ether oxygens (including phenoxy) is 1. The molecule has 0 radical (unpaired) electrons. The summed E-state index contributed by atoms with van der Waals surface area (Å²) in [7, 11) is 0. The van der Waals surface area contributed by atoms with Crippen molar-refractivity contribution >= 4 is 17.3 Å². The standard InChI is InChI=1S/C26H27N3O4/c1-17(2)24-14-5-18(3)15-25(24)33-16-20-6-8-22(9-7-20)26(30)28-27-19(4)21-10-12-23(13-11-21)29(31)32/h5-15,17H,16H2,1-4H3,(H,28,30)/b27-19+. The van der Waals surface area contributed by atoms with Crippen LogP contribution in [0.25, 0.3) is 0 Å². The highest BCUT2D eigenvalue weighted by Gasteiger charge is 2.10. The average Bonchev–Trinajstić information content (AvgIpc) is 2.81. The van der Waals surface area contributed by atoms with E-state index in [4.69, 9.17) is 4.74 Å². The number of carbonyl (C=O) groups excluding carboxylic acids is 1. The Hall–Kier alpha value is -4.00. The minimum absolute atomic E-state index is 0.00230. The first-order valence-corrected chi connectivity index (χ1v) is 10.7. The van der Waals surface area contributed by atoms with E-state index in [0.717, 1.165) is 22.4 Å². The summed E-state index contributed by atoms with van der Waals surface area (Å²) in [5, 5.41) is 14.9. The van der Waals surface area contributed by atoms with E-state index in [2.05, 4.69) is 36.5 Å². The lowest BCUT2D eigenvalue weighted by molar-refractivity contribution is -0.384. The molecule has 1 N–H and O–H groups in total. The second kappa shape index (κ2) is 10.5. The highest BCUT2D eigenvalue weighted by Crippen LogP contribution is 2.28. The third-order valence-electron chi connectivity index (χ3n) is 5.22. The monoisotopic (exact) mass is 445 g/mol. The highest BCUT2D eigenvalue weighted by molar-refractivity contribution is 6.01. The molecule has 0 atom stereocenters. The van der Waals surface area contributed by atoms with Crippen LogP contribution in [0.4, 0.5) is 5.69 Å². The van der Waals surface area contributed by atoms with Crippen LogP contribution in [0.1, 0.15) is 59.3 Å². The number of nitro groups is 1. The average molecular weight is 446 g/mol. The van der Waals surface area contributed by atoms with Crippen molar-refractivity contribution in [2.75, 3.05) is 0 Å². The first kappa shape index (κ1) is 23.7. The zero-order chi connectivity index (χ0) is 24.0. The summed E-state index contributed by atoms with van der Waals surface area (Å²) in [6, 6.07) is 19.4. The van der Waals surface area contributed by atoms with Gasteiger partial charge < -0.3 is 4.74 Å². The zero-order valence-corrected chi connectivity index (χ0v) is 19.2. The topological polar surface area (TPSA) is 93.8 Å². The Morgan fingerprint density at radius 1 is 1.03 bits per heavy atom. The van der Waals surface area contributed by atoms with Crippen LogP contribution in [0.2, 0.25) is 0 Å². The largest absolute Gasteiger partial charge is 0.489 e. The summed E-state index contributed by atoms with van der Waals surface area (Å²) in [6.07, 6.45) is 0. The number of rotatable bonds is 8. The molecule has 0 saturated carbocycles. The second-order valence-corrected chi connectivity index (χ2v) is 8.12. The van der Waals surface area contributed by atoms with Gasteiger partial charge >= 0.3 is 0 Å². The molecule has 0 aromatic heterocycles. The summed E-state index contributed by atoms with van der Waals surface area (Å²) in [5.74, 6) is 0.897. The number of nitrogens with one attached hydrogen (secondary N) is 1. The molecule has 0 aliphatic heterocycles. The van der Waals surface area contributed by atoms with E-state index in [-0.39, 0.29) is 11.6 Å². The van der Waals surface area contributed by atoms with Crippen LogP contribution >= 0.6 is 0 Å². The van der Waals surface area contributed by atoms with Gasteiger partial charge in [0, 0.05) is 17.7 Å². The van der Waals surface area contributed by atoms with Gasteiger partial charge in [0.2, 0.25) is 0 Å². The number of hydrazone groups is 1. The smallest absolute Gasteiger partial charge is 0.271 e. The van der Waals surface area contributed by atoms with E-state index in [9.17, 15) is 14.9 Å². The Morgan fingerprint density at radius 3 is 2.27 bits per heavy atom. The molecule has 0 spiro atoms. The Bertz CT molecular complexity index is 1170. The first-order chi connectivity index (χ1) is 15.7. The van der Waals surface area contributed by atoms with E-state index in [1.54, 1.807) is 31.2 Å². The molecule has 3 rings (SSSR count). The Balaban J connectivity index is 1.60. The van der Waals surface area contributed by atoms with Gasteiger partial charge in [-0.1, -0.05) is 38.1 Å². The van der Waals surface area contributed by atoms with Crippen LogP contribution in [-0.2, 0) is 6.61 Å². The maximum absolute atomic E-state index is 12.4. The number of hydrogen-bond acceptors (Lipinski definition) is 5. The Labute approximate surface area is 193 Å². The van der Waals surface area contributed by atoms with Crippen LogP contribution < -0.4 is 10.2 Å². The number of carbonyl (C=O) groups is 1. The van der Waals surface area contributed by atoms with Crippen molar-refractivity contribution in [3.8, 4) is 5.75 Å². The predicted molar refractivity (Wildman–Crippen MR) is 129 cm³/mol. The lowest BCUT2D eigenvalue weighted by atomic mass is 10.0. The van der Waals surface area contributed by atoms with E-state index in [0.29, 0.717) is 29.4 Å². The molecule has 7 heteroatoms. The quantitative estimate of drug-likeness (QED) is 0.271. The summed E-state index contributed by atoms with van der Waals surface area (Å²) in [6.45, 7) is 8.44. The minimum atomic E-state index is -0.461. The fraction of sp³-hybridized carbons (Fsp3) is 0.231. The van der Waals surface area contributed by atoms with Crippen molar-refractivity contribution in [1.82, 2.24) is 5.43 Å². The normalized spacial score (nSPS) is 11.4. The molecule has 3 aromatic carbocycles. The van der Waals surface area contributed by atoms with Gasteiger partial charge in [-0.05, 0) is 72.4 Å². The number of aryl methyl sites for hydroxylation is 1. The van der Waals surface area contributed by atoms with Crippen molar-refractivity contribution in [3.05, 3.63) is 105 Å². The maximum atomic E-state index is 12.4. The van der Waals surface area contributed by atoms with Crippen LogP contribution in [-0.4, -0.2) is 16.5 Å². The molecule has 0 aliphatic carbocycles. The SMILES string of the molecule is C/C(=N\NC(=O)c1ccc(COc2cc(C)ccc2C(C)C)cc1)c1ccc([N+](=O)[O-])cc1. The molecular weight excluding hydrogens is 418 g/mol. The van der Waals surface area contributed by atoms with Gasteiger partial charge in [-0.25, -0.2) is 5.43 Å². The molecular formula is C26H27N3O4. The number of nitro benzene ring substituents is 1. The van der Waals surface area contributed by atoms with E-state index in [1.807, 2.05) is 25.1 Å². The van der Waals surface area contributed by atoms with Gasteiger partial charge in [0.05, 0.1) is 10.6 Å². The first-order valence-electron chi connectivity index (χ1n) is 10.7. The molecule has 1 amide bonds. The third-order valence-corrected chi connectivity index (χ3v) is 5.22. The molecule has 3 aromatic rings. The third kappa shape index (κ3) is 6.26. The lowest BCUT2D eigenvalue weighted by Gasteiger charge is -2.15. The summed E-state index contributed by atoms with van der Waals surface area (Å²) in [4.78, 5) is 22.7. The molecule has 7 nitrogen and oxygen atoms in total. The van der Waals surface area contributed by atoms with Gasteiger partial charge in [-0.2, -0.15) is 5.10 Å². The fourth-order valence-electron chi connectivity index (χ4n) is 3.25. The number of benzene rings is 3. The summed E-state index contributed by atoms with van der Waals surface area (Å²) in [5.41, 5.74) is 7.48. The number of amides is 1. The molecule has 170 valence electrons. The number of nitrogens with zero attached hydrogens (tertiary/aromatic N) is 2. The van der Waals surface area contributed by atoms with Crippen molar-refractivity contribution in [3.63, 3.8) is 0 Å². The molecule has 33 heavy (non-hydrogen) atoms. The summed E-state index contributed by atoms with van der Waals surface area (Å²) >= 11 is 0. The molecule has 0 saturated heterocycles. The number of non-ortho nitro benzene ring substituents is 1. The Morgan fingerprint density at radius 2 is 1.67 bits per heavy atom. The van der Waals surface area contributed by atoms with Crippen LogP contribution in [0.15, 0.2) is 71.8 Å².